The molecule has 0 saturated heterocycles. The van der Waals surface area contributed by atoms with Crippen LogP contribution in [0.25, 0.3) is 4.85 Å². The second-order valence-electron chi connectivity index (χ2n) is 3.13. The van der Waals surface area contributed by atoms with E-state index in [1.54, 1.807) is 6.92 Å². The number of hydrogen-bond acceptors (Lipinski definition) is 4. The fraction of sp³-hybridized carbons (Fsp3) is 0.400. The van der Waals surface area contributed by atoms with E-state index in [1.165, 1.54) is 11.3 Å². The molecule has 0 aliphatic carbocycles. The summed E-state index contributed by atoms with van der Waals surface area (Å²) in [5, 5.41) is 0.794. The highest BCUT2D eigenvalue weighted by atomic mass is 127. The van der Waals surface area contributed by atoms with E-state index in [1.807, 2.05) is 41.6 Å². The number of carbonyl (C=O) groups is 1. The van der Waals surface area contributed by atoms with Crippen LogP contribution in [-0.2, 0) is 4.74 Å². The number of ether oxygens (including phenoxy) is 1. The minimum Gasteiger partial charge on any atom is -0.462 e. The second-order valence-corrected chi connectivity index (χ2v) is 5.20. The minimum absolute atomic E-state index is 0.345. The van der Waals surface area contributed by atoms with E-state index < -0.39 is 0 Å². The third-order valence-electron chi connectivity index (χ3n) is 1.79. The molecule has 0 fully saturated rings. The van der Waals surface area contributed by atoms with Crippen LogP contribution < -0.4 is 4.90 Å². The Morgan fingerprint density at radius 1 is 1.62 bits per heavy atom. The third-order valence-corrected chi connectivity index (χ3v) is 4.53. The molecule has 0 unspecified atom stereocenters. The highest BCUT2D eigenvalue weighted by molar-refractivity contribution is 14.1. The SMILES string of the molecule is [C-]#[N+]c1c(N(C)C)sc(C(=O)OCC)c1I. The lowest BCUT2D eigenvalue weighted by molar-refractivity contribution is 0.0531. The van der Waals surface area contributed by atoms with Crippen molar-refractivity contribution in [2.45, 2.75) is 6.92 Å². The van der Waals surface area contributed by atoms with Crippen LogP contribution in [0.15, 0.2) is 0 Å². The molecular formula is C10H11IN2O2S. The fourth-order valence-electron chi connectivity index (χ4n) is 1.12. The van der Waals surface area contributed by atoms with Gasteiger partial charge in [0.05, 0.1) is 18.2 Å². The number of hydrogen-bond donors (Lipinski definition) is 0. The van der Waals surface area contributed by atoms with E-state index in [9.17, 15) is 4.79 Å². The van der Waals surface area contributed by atoms with Crippen molar-refractivity contribution < 1.29 is 9.53 Å². The molecule has 4 nitrogen and oxygen atoms in total. The van der Waals surface area contributed by atoms with Crippen LogP contribution in [0.3, 0.4) is 0 Å². The molecule has 6 heteroatoms. The van der Waals surface area contributed by atoms with Crippen LogP contribution in [0.5, 0.6) is 0 Å². The van der Waals surface area contributed by atoms with Crippen molar-refractivity contribution in [3.63, 3.8) is 0 Å². The van der Waals surface area contributed by atoms with Gasteiger partial charge in [-0.05, 0) is 6.92 Å². The molecule has 1 aromatic rings. The summed E-state index contributed by atoms with van der Waals surface area (Å²) in [6, 6.07) is 0. The first-order valence-electron chi connectivity index (χ1n) is 4.57. The van der Waals surface area contributed by atoms with Gasteiger partial charge in [-0.2, -0.15) is 0 Å². The molecule has 0 aromatic carbocycles. The summed E-state index contributed by atoms with van der Waals surface area (Å²) in [7, 11) is 3.71. The average Bonchev–Trinajstić information content (AvgIpc) is 2.55. The molecule has 1 aromatic heterocycles. The van der Waals surface area contributed by atoms with E-state index in [2.05, 4.69) is 4.85 Å². The van der Waals surface area contributed by atoms with Gasteiger partial charge in [-0.15, -0.1) is 11.3 Å². The summed E-state index contributed by atoms with van der Waals surface area (Å²) in [5.41, 5.74) is 0.527. The van der Waals surface area contributed by atoms with Crippen molar-refractivity contribution in [3.8, 4) is 0 Å². The van der Waals surface area contributed by atoms with Gasteiger partial charge in [0, 0.05) is 17.7 Å². The van der Waals surface area contributed by atoms with Gasteiger partial charge in [-0.25, -0.2) is 9.64 Å². The monoisotopic (exact) mass is 350 g/mol. The van der Waals surface area contributed by atoms with Crippen molar-refractivity contribution in [2.24, 2.45) is 0 Å². The Kier molecular flexibility index (Phi) is 4.56. The van der Waals surface area contributed by atoms with E-state index in [4.69, 9.17) is 11.3 Å². The third kappa shape index (κ3) is 2.47. The summed E-state index contributed by atoms with van der Waals surface area (Å²) in [4.78, 5) is 17.4. The van der Waals surface area contributed by atoms with Gasteiger partial charge in [-0.3, -0.25) is 0 Å². The first-order chi connectivity index (χ1) is 7.52. The molecule has 1 heterocycles. The molecule has 0 aliphatic heterocycles. The normalized spacial score (nSPS) is 9.69. The van der Waals surface area contributed by atoms with E-state index in [0.29, 0.717) is 20.7 Å². The van der Waals surface area contributed by atoms with E-state index in [-0.39, 0.29) is 5.97 Å². The summed E-state index contributed by atoms with van der Waals surface area (Å²) in [6.07, 6.45) is 0. The van der Waals surface area contributed by atoms with Gasteiger partial charge in [0.15, 0.2) is 0 Å². The number of carbonyl (C=O) groups excluding carboxylic acids is 1. The zero-order chi connectivity index (χ0) is 12.3. The van der Waals surface area contributed by atoms with Gasteiger partial charge >= 0.3 is 5.97 Å². The maximum Gasteiger partial charge on any atom is 0.348 e. The first kappa shape index (κ1) is 13.3. The molecule has 0 spiro atoms. The van der Waals surface area contributed by atoms with Crippen LogP contribution in [0.4, 0.5) is 10.7 Å². The van der Waals surface area contributed by atoms with Gasteiger partial charge < -0.3 is 9.64 Å². The Bertz CT molecular complexity index is 448. The standard InChI is InChI=1S/C10H11IN2O2S/c1-5-15-10(14)8-6(11)7(12-2)9(16-8)13(3)4/h5H2,1,3-4H3. The van der Waals surface area contributed by atoms with Gasteiger partial charge in [0.1, 0.15) is 4.88 Å². The zero-order valence-corrected chi connectivity index (χ0v) is 12.2. The van der Waals surface area contributed by atoms with Gasteiger partial charge in [0.2, 0.25) is 5.69 Å². The number of thiophene rings is 1. The number of esters is 1. The van der Waals surface area contributed by atoms with Crippen LogP contribution in [-0.4, -0.2) is 26.7 Å². The van der Waals surface area contributed by atoms with Crippen LogP contribution in [0, 0.1) is 10.1 Å². The molecule has 0 saturated carbocycles. The van der Waals surface area contributed by atoms with Gasteiger partial charge in [0.25, 0.3) is 0 Å². The zero-order valence-electron chi connectivity index (χ0n) is 9.20. The molecule has 0 amide bonds. The van der Waals surface area contributed by atoms with Crippen molar-refractivity contribution in [3.05, 3.63) is 19.9 Å². The molecule has 16 heavy (non-hydrogen) atoms. The maximum absolute atomic E-state index is 11.6. The second kappa shape index (κ2) is 5.50. The quantitative estimate of drug-likeness (QED) is 0.477. The molecule has 0 radical (unpaired) electrons. The number of nitrogens with zero attached hydrogens (tertiary/aromatic N) is 2. The van der Waals surface area contributed by atoms with Crippen LogP contribution in [0.2, 0.25) is 0 Å². The lowest BCUT2D eigenvalue weighted by Crippen LogP contribution is -2.06. The maximum atomic E-state index is 11.6. The fourth-order valence-corrected chi connectivity index (χ4v) is 3.18. The van der Waals surface area contributed by atoms with Crippen molar-refractivity contribution in [2.75, 3.05) is 25.6 Å². The molecule has 0 bridgehead atoms. The lowest BCUT2D eigenvalue weighted by Gasteiger charge is -2.09. The first-order valence-corrected chi connectivity index (χ1v) is 6.46. The predicted molar refractivity (Wildman–Crippen MR) is 73.6 cm³/mol. The van der Waals surface area contributed by atoms with E-state index >= 15 is 0 Å². The smallest absolute Gasteiger partial charge is 0.348 e. The highest BCUT2D eigenvalue weighted by Crippen LogP contribution is 2.42. The topological polar surface area (TPSA) is 33.9 Å². The largest absolute Gasteiger partial charge is 0.462 e. The lowest BCUT2D eigenvalue weighted by atomic mass is 10.4. The summed E-state index contributed by atoms with van der Waals surface area (Å²) in [6.45, 7) is 9.23. The number of rotatable bonds is 3. The number of anilines is 1. The molecule has 86 valence electrons. The van der Waals surface area contributed by atoms with Crippen LogP contribution >= 0.6 is 33.9 Å². The van der Waals surface area contributed by atoms with Crippen molar-refractivity contribution >= 4 is 50.6 Å². The molecule has 0 atom stereocenters. The van der Waals surface area contributed by atoms with Gasteiger partial charge in [-0.1, -0.05) is 22.6 Å². The molecule has 1 rings (SSSR count). The Hall–Kier alpha value is -0.810. The Balaban J connectivity index is 3.24. The van der Waals surface area contributed by atoms with Crippen molar-refractivity contribution in [1.82, 2.24) is 0 Å². The Morgan fingerprint density at radius 2 is 2.25 bits per heavy atom. The van der Waals surface area contributed by atoms with Crippen LogP contribution in [0.1, 0.15) is 16.6 Å². The van der Waals surface area contributed by atoms with E-state index in [0.717, 1.165) is 5.00 Å². The molecular weight excluding hydrogens is 339 g/mol. The summed E-state index contributed by atoms with van der Waals surface area (Å²) in [5.74, 6) is -0.352. The Labute approximate surface area is 112 Å². The van der Waals surface area contributed by atoms with Crippen molar-refractivity contribution in [1.29, 1.82) is 0 Å². The predicted octanol–water partition coefficient (Wildman–Crippen LogP) is 3.15. The number of halogens is 1. The Morgan fingerprint density at radius 3 is 2.62 bits per heavy atom. The summed E-state index contributed by atoms with van der Waals surface area (Å²) < 4.78 is 5.63. The summed E-state index contributed by atoms with van der Waals surface area (Å²) >= 11 is 3.32. The molecule has 0 N–H and O–H groups in total. The highest BCUT2D eigenvalue weighted by Gasteiger charge is 2.23. The average molecular weight is 350 g/mol. The molecule has 0 aliphatic rings. The minimum atomic E-state index is -0.352.